The van der Waals surface area contributed by atoms with Crippen LogP contribution in [-0.2, 0) is 6.42 Å². The lowest BCUT2D eigenvalue weighted by molar-refractivity contribution is 0.103. The standard InChI is InChI=1S/C14H12N2O/c15-10-3-1-8-5-9-2-4-11(16)7-13(9)14(17)12(8)6-10/h1-4,6-7H,5,15-16H2. The largest absolute Gasteiger partial charge is 0.399 e. The molecule has 0 atom stereocenters. The fourth-order valence-corrected chi connectivity index (χ4v) is 2.27. The fraction of sp³-hybridized carbons (Fsp3) is 0.0714. The Balaban J connectivity index is 2.21. The summed E-state index contributed by atoms with van der Waals surface area (Å²) in [6.07, 6.45) is 0.761. The SMILES string of the molecule is Nc1ccc2c(c1)C(=O)c1cc(N)ccc1C2. The van der Waals surface area contributed by atoms with Crippen molar-refractivity contribution in [3.05, 3.63) is 58.7 Å². The van der Waals surface area contributed by atoms with Crippen LogP contribution in [0.3, 0.4) is 0 Å². The number of anilines is 2. The summed E-state index contributed by atoms with van der Waals surface area (Å²) in [5.74, 6) is 0.0147. The van der Waals surface area contributed by atoms with Crippen LogP contribution in [0.4, 0.5) is 11.4 Å². The third kappa shape index (κ3) is 1.47. The van der Waals surface area contributed by atoms with Gasteiger partial charge in [-0.25, -0.2) is 0 Å². The van der Waals surface area contributed by atoms with Gasteiger partial charge < -0.3 is 11.5 Å². The smallest absolute Gasteiger partial charge is 0.193 e. The number of carbonyl (C=O) groups excluding carboxylic acids is 1. The van der Waals surface area contributed by atoms with Crippen LogP contribution in [0.1, 0.15) is 27.0 Å². The molecule has 17 heavy (non-hydrogen) atoms. The number of benzene rings is 2. The highest BCUT2D eigenvalue weighted by atomic mass is 16.1. The molecule has 2 aromatic carbocycles. The van der Waals surface area contributed by atoms with Crippen molar-refractivity contribution in [2.75, 3.05) is 11.5 Å². The maximum Gasteiger partial charge on any atom is 0.193 e. The molecule has 0 aromatic heterocycles. The lowest BCUT2D eigenvalue weighted by atomic mass is 9.84. The zero-order chi connectivity index (χ0) is 12.0. The Morgan fingerprint density at radius 2 is 1.29 bits per heavy atom. The van der Waals surface area contributed by atoms with Gasteiger partial charge in [0.25, 0.3) is 0 Å². The predicted molar refractivity (Wildman–Crippen MR) is 67.9 cm³/mol. The van der Waals surface area contributed by atoms with Crippen LogP contribution < -0.4 is 11.5 Å². The molecule has 0 unspecified atom stereocenters. The van der Waals surface area contributed by atoms with Gasteiger partial charge in [0.1, 0.15) is 0 Å². The van der Waals surface area contributed by atoms with E-state index in [9.17, 15) is 4.79 Å². The Hall–Kier alpha value is -2.29. The molecule has 1 aliphatic rings. The Labute approximate surface area is 99.1 Å². The molecule has 3 nitrogen and oxygen atoms in total. The normalized spacial score (nSPS) is 13.1. The second kappa shape index (κ2) is 3.35. The average Bonchev–Trinajstić information content (AvgIpc) is 2.32. The molecule has 0 heterocycles. The summed E-state index contributed by atoms with van der Waals surface area (Å²) in [5, 5.41) is 0. The van der Waals surface area contributed by atoms with Crippen LogP contribution in [0.15, 0.2) is 36.4 Å². The van der Waals surface area contributed by atoms with Crippen LogP contribution in [0, 0.1) is 0 Å². The number of carbonyl (C=O) groups is 1. The highest BCUT2D eigenvalue weighted by molar-refractivity contribution is 6.13. The number of ketones is 1. The van der Waals surface area contributed by atoms with Crippen molar-refractivity contribution in [1.29, 1.82) is 0 Å². The van der Waals surface area contributed by atoms with Crippen LogP contribution in [0.5, 0.6) is 0 Å². The van der Waals surface area contributed by atoms with Crippen LogP contribution in [-0.4, -0.2) is 5.78 Å². The van der Waals surface area contributed by atoms with E-state index < -0.39 is 0 Å². The minimum atomic E-state index is 0.0147. The van der Waals surface area contributed by atoms with E-state index in [0.717, 1.165) is 17.5 Å². The average molecular weight is 224 g/mol. The fourth-order valence-electron chi connectivity index (χ4n) is 2.27. The first-order valence-electron chi connectivity index (χ1n) is 5.46. The van der Waals surface area contributed by atoms with E-state index >= 15 is 0 Å². The third-order valence-corrected chi connectivity index (χ3v) is 3.14. The summed E-state index contributed by atoms with van der Waals surface area (Å²) in [4.78, 5) is 12.3. The van der Waals surface area contributed by atoms with Gasteiger partial charge in [-0.1, -0.05) is 12.1 Å². The summed E-state index contributed by atoms with van der Waals surface area (Å²) in [7, 11) is 0. The molecule has 0 radical (unpaired) electrons. The molecular weight excluding hydrogens is 212 g/mol. The van der Waals surface area contributed by atoms with Crippen molar-refractivity contribution in [2.45, 2.75) is 6.42 Å². The molecule has 4 N–H and O–H groups in total. The summed E-state index contributed by atoms with van der Waals surface area (Å²) < 4.78 is 0. The summed E-state index contributed by atoms with van der Waals surface area (Å²) in [5.41, 5.74) is 16.1. The quantitative estimate of drug-likeness (QED) is 0.574. The van der Waals surface area contributed by atoms with E-state index in [-0.39, 0.29) is 5.78 Å². The van der Waals surface area contributed by atoms with E-state index in [1.54, 1.807) is 12.1 Å². The summed E-state index contributed by atoms with van der Waals surface area (Å²) in [6, 6.07) is 11.0. The van der Waals surface area contributed by atoms with Crippen molar-refractivity contribution in [3.8, 4) is 0 Å². The van der Waals surface area contributed by atoms with Crippen molar-refractivity contribution in [2.24, 2.45) is 0 Å². The van der Waals surface area contributed by atoms with Crippen molar-refractivity contribution >= 4 is 17.2 Å². The first kappa shape index (κ1) is 9.90. The molecule has 2 aromatic rings. The first-order valence-corrected chi connectivity index (χ1v) is 5.46. The van der Waals surface area contributed by atoms with E-state index in [1.165, 1.54) is 0 Å². The van der Waals surface area contributed by atoms with Crippen LogP contribution in [0.2, 0.25) is 0 Å². The van der Waals surface area contributed by atoms with Crippen molar-refractivity contribution < 1.29 is 4.79 Å². The molecule has 0 aliphatic heterocycles. The maximum atomic E-state index is 12.3. The van der Waals surface area contributed by atoms with Gasteiger partial charge in [0, 0.05) is 22.5 Å². The number of nitrogen functional groups attached to an aromatic ring is 2. The zero-order valence-electron chi connectivity index (χ0n) is 9.23. The number of hydrogen-bond donors (Lipinski definition) is 2. The molecule has 0 amide bonds. The molecular formula is C14H12N2O. The van der Waals surface area contributed by atoms with Gasteiger partial charge in [-0.15, -0.1) is 0 Å². The van der Waals surface area contributed by atoms with E-state index in [4.69, 9.17) is 11.5 Å². The molecule has 3 heteroatoms. The Bertz CT molecular complexity index is 579. The molecule has 0 bridgehead atoms. The number of fused-ring (bicyclic) bond motifs is 2. The predicted octanol–water partition coefficient (Wildman–Crippen LogP) is 1.99. The first-order chi connectivity index (χ1) is 8.15. The topological polar surface area (TPSA) is 69.1 Å². The number of rotatable bonds is 0. The second-order valence-electron chi connectivity index (χ2n) is 4.34. The van der Waals surface area contributed by atoms with Gasteiger partial charge in [-0.2, -0.15) is 0 Å². The van der Waals surface area contributed by atoms with E-state index in [2.05, 4.69) is 0 Å². The minimum absolute atomic E-state index is 0.0147. The molecule has 84 valence electrons. The van der Waals surface area contributed by atoms with Gasteiger partial charge in [-0.05, 0) is 41.8 Å². The van der Waals surface area contributed by atoms with Crippen LogP contribution in [0.25, 0.3) is 0 Å². The zero-order valence-corrected chi connectivity index (χ0v) is 9.23. The highest BCUT2D eigenvalue weighted by Gasteiger charge is 2.23. The Morgan fingerprint density at radius 3 is 1.76 bits per heavy atom. The summed E-state index contributed by atoms with van der Waals surface area (Å²) >= 11 is 0. The van der Waals surface area contributed by atoms with Crippen molar-refractivity contribution in [1.82, 2.24) is 0 Å². The van der Waals surface area contributed by atoms with Gasteiger partial charge in [0.05, 0.1) is 0 Å². The van der Waals surface area contributed by atoms with Gasteiger partial charge >= 0.3 is 0 Å². The molecule has 1 aliphatic carbocycles. The molecule has 3 rings (SSSR count). The minimum Gasteiger partial charge on any atom is -0.399 e. The molecule has 0 spiro atoms. The van der Waals surface area contributed by atoms with E-state index in [0.29, 0.717) is 22.5 Å². The molecule has 0 saturated carbocycles. The van der Waals surface area contributed by atoms with E-state index in [1.807, 2.05) is 24.3 Å². The molecule has 0 saturated heterocycles. The third-order valence-electron chi connectivity index (χ3n) is 3.14. The lowest BCUT2D eigenvalue weighted by Gasteiger charge is -2.19. The van der Waals surface area contributed by atoms with Crippen LogP contribution >= 0.6 is 0 Å². The Morgan fingerprint density at radius 1 is 0.824 bits per heavy atom. The maximum absolute atomic E-state index is 12.3. The van der Waals surface area contributed by atoms with Gasteiger partial charge in [0.15, 0.2) is 5.78 Å². The number of nitrogens with two attached hydrogens (primary N) is 2. The monoisotopic (exact) mass is 224 g/mol. The Kier molecular flexibility index (Phi) is 1.95. The van der Waals surface area contributed by atoms with Crippen molar-refractivity contribution in [3.63, 3.8) is 0 Å². The lowest BCUT2D eigenvalue weighted by Crippen LogP contribution is -2.15. The van der Waals surface area contributed by atoms with Gasteiger partial charge in [0.2, 0.25) is 0 Å². The second-order valence-corrected chi connectivity index (χ2v) is 4.34. The summed E-state index contributed by atoms with van der Waals surface area (Å²) in [6.45, 7) is 0. The molecule has 0 fully saturated rings. The highest BCUT2D eigenvalue weighted by Crippen LogP contribution is 2.29. The number of hydrogen-bond acceptors (Lipinski definition) is 3. The van der Waals surface area contributed by atoms with Gasteiger partial charge in [-0.3, -0.25) is 4.79 Å².